The van der Waals surface area contributed by atoms with E-state index in [1.54, 1.807) is 0 Å². The predicted octanol–water partition coefficient (Wildman–Crippen LogP) is 13.3. The molecule has 0 atom stereocenters. The second kappa shape index (κ2) is 12.0. The van der Waals surface area contributed by atoms with Crippen molar-refractivity contribution in [2.75, 3.05) is 11.9 Å². The van der Waals surface area contributed by atoms with Crippen LogP contribution in [0.15, 0.2) is 170 Å². The smallest absolute Gasteiger partial charge is 0.0939 e. The molecule has 0 spiro atoms. The van der Waals surface area contributed by atoms with Gasteiger partial charge in [0.1, 0.15) is 0 Å². The first-order valence-corrected chi connectivity index (χ1v) is 19.1. The number of pyridine rings is 3. The third kappa shape index (κ3) is 4.83. The molecule has 1 aliphatic rings. The number of anilines is 1. The Hall–Kier alpha value is -7.43. The van der Waals surface area contributed by atoms with Crippen LogP contribution >= 0.6 is 0 Å². The van der Waals surface area contributed by atoms with E-state index in [2.05, 4.69) is 174 Å². The Labute approximate surface area is 322 Å². The van der Waals surface area contributed by atoms with E-state index < -0.39 is 0 Å². The molecule has 56 heavy (non-hydrogen) atoms. The first kappa shape index (κ1) is 31.0. The van der Waals surface area contributed by atoms with Crippen LogP contribution in [0.2, 0.25) is 0 Å². The number of nitrogens with one attached hydrogen (secondary N) is 1. The van der Waals surface area contributed by atoms with Crippen LogP contribution in [-0.4, -0.2) is 21.5 Å². The lowest BCUT2D eigenvalue weighted by Crippen LogP contribution is -2.07. The van der Waals surface area contributed by atoms with E-state index in [0.717, 1.165) is 78.6 Å². The van der Waals surface area contributed by atoms with Gasteiger partial charge >= 0.3 is 0 Å². The molecule has 4 heterocycles. The van der Waals surface area contributed by atoms with Crippen molar-refractivity contribution in [2.45, 2.75) is 0 Å². The van der Waals surface area contributed by atoms with Crippen LogP contribution in [0.3, 0.4) is 0 Å². The second-order valence-electron chi connectivity index (χ2n) is 14.8. The molecule has 4 heteroatoms. The van der Waals surface area contributed by atoms with Crippen molar-refractivity contribution in [3.05, 3.63) is 176 Å². The average Bonchev–Trinajstić information content (AvgIpc) is 3.27. The molecule has 0 aliphatic carbocycles. The standard InChI is InChI=1S/C52H32N4/c1-4-34-13-14-36-16-21-41(42-22-17-35(5-1)49(34)50(36)42)47-25-20-39-28-37(19-24-46(39)55-47)38-15-12-33-18-23-45(56-48(33)30-38)32-10-8-31(9-11-32)44-29-40-6-2-26-53-51(40)52-43(44)7-3-27-54-52/h1-26,28-30,54H,27H2. The maximum Gasteiger partial charge on any atom is 0.0939 e. The van der Waals surface area contributed by atoms with Crippen molar-refractivity contribution in [3.63, 3.8) is 0 Å². The SMILES string of the molecule is C1=Cc2c(-c3ccc(-c4ccc5ccc(-c6ccc7nc(-c8ccc9ccc%10cccc%11ccc8c9c%10%11)ccc7c6)cc5n4)cc3)cc3cccnc3c2NC1. The largest absolute Gasteiger partial charge is 0.379 e. The lowest BCUT2D eigenvalue weighted by Gasteiger charge is -2.19. The van der Waals surface area contributed by atoms with Gasteiger partial charge in [-0.25, -0.2) is 9.97 Å². The Morgan fingerprint density at radius 3 is 2.04 bits per heavy atom. The van der Waals surface area contributed by atoms with Crippen LogP contribution in [-0.2, 0) is 0 Å². The van der Waals surface area contributed by atoms with Crippen molar-refractivity contribution in [1.82, 2.24) is 15.0 Å². The summed E-state index contributed by atoms with van der Waals surface area (Å²) in [6.45, 7) is 0.805. The summed E-state index contributed by atoms with van der Waals surface area (Å²) in [5.74, 6) is 0. The van der Waals surface area contributed by atoms with Gasteiger partial charge in [0.25, 0.3) is 0 Å². The van der Waals surface area contributed by atoms with Crippen molar-refractivity contribution in [1.29, 1.82) is 0 Å². The van der Waals surface area contributed by atoms with Crippen LogP contribution in [0, 0.1) is 0 Å². The van der Waals surface area contributed by atoms with Gasteiger partial charge < -0.3 is 5.32 Å². The monoisotopic (exact) mass is 712 g/mol. The van der Waals surface area contributed by atoms with E-state index in [-0.39, 0.29) is 0 Å². The highest BCUT2D eigenvalue weighted by Gasteiger charge is 2.17. The fourth-order valence-electron chi connectivity index (χ4n) is 8.86. The molecule has 0 fully saturated rings. The van der Waals surface area contributed by atoms with E-state index in [1.165, 1.54) is 49.0 Å². The minimum Gasteiger partial charge on any atom is -0.379 e. The Balaban J connectivity index is 0.869. The molecule has 1 N–H and O–H groups in total. The van der Waals surface area contributed by atoms with E-state index in [9.17, 15) is 0 Å². The van der Waals surface area contributed by atoms with E-state index in [0.29, 0.717) is 0 Å². The van der Waals surface area contributed by atoms with Gasteiger partial charge in [0.15, 0.2) is 0 Å². The summed E-state index contributed by atoms with van der Waals surface area (Å²) in [4.78, 5) is 15.0. The van der Waals surface area contributed by atoms with E-state index in [4.69, 9.17) is 9.97 Å². The first-order valence-electron chi connectivity index (χ1n) is 19.1. The fourth-order valence-corrected chi connectivity index (χ4v) is 8.86. The summed E-state index contributed by atoms with van der Waals surface area (Å²) < 4.78 is 0. The number of aromatic nitrogens is 3. The highest BCUT2D eigenvalue weighted by molar-refractivity contribution is 6.25. The third-order valence-electron chi connectivity index (χ3n) is 11.6. The topological polar surface area (TPSA) is 50.7 Å². The number of benzene rings is 8. The molecule has 0 radical (unpaired) electrons. The Morgan fingerprint density at radius 1 is 0.446 bits per heavy atom. The molecule has 0 amide bonds. The summed E-state index contributed by atoms with van der Waals surface area (Å²) in [6.07, 6.45) is 6.24. The number of rotatable bonds is 4. The van der Waals surface area contributed by atoms with Gasteiger partial charge in [-0.15, -0.1) is 0 Å². The molecule has 3 aromatic heterocycles. The van der Waals surface area contributed by atoms with Gasteiger partial charge in [-0.3, -0.25) is 4.98 Å². The van der Waals surface area contributed by atoms with Gasteiger partial charge in [-0.05, 0) is 97.0 Å². The van der Waals surface area contributed by atoms with Crippen LogP contribution in [0.5, 0.6) is 0 Å². The molecule has 1 aliphatic heterocycles. The average molecular weight is 713 g/mol. The zero-order valence-corrected chi connectivity index (χ0v) is 30.3. The highest BCUT2D eigenvalue weighted by Crippen LogP contribution is 2.41. The number of nitrogens with zero attached hydrogens (tertiary/aromatic N) is 3. The zero-order chi connectivity index (χ0) is 36.7. The maximum absolute atomic E-state index is 5.20. The van der Waals surface area contributed by atoms with Crippen LogP contribution in [0.25, 0.3) is 116 Å². The van der Waals surface area contributed by atoms with Gasteiger partial charge in [-0.2, -0.15) is 0 Å². The molecule has 8 aromatic carbocycles. The summed E-state index contributed by atoms with van der Waals surface area (Å²) >= 11 is 0. The van der Waals surface area contributed by atoms with Crippen molar-refractivity contribution in [3.8, 4) is 44.8 Å². The molecular weight excluding hydrogens is 681 g/mol. The lowest BCUT2D eigenvalue weighted by atomic mass is 9.91. The van der Waals surface area contributed by atoms with Crippen molar-refractivity contribution in [2.24, 2.45) is 0 Å². The number of hydrogen-bond acceptors (Lipinski definition) is 4. The minimum absolute atomic E-state index is 0.805. The lowest BCUT2D eigenvalue weighted by molar-refractivity contribution is 1.30. The molecule has 11 aromatic rings. The summed E-state index contributed by atoms with van der Waals surface area (Å²) in [5, 5.41) is 14.6. The summed E-state index contributed by atoms with van der Waals surface area (Å²) in [7, 11) is 0. The van der Waals surface area contributed by atoms with E-state index >= 15 is 0 Å². The Kier molecular flexibility index (Phi) is 6.66. The zero-order valence-electron chi connectivity index (χ0n) is 30.3. The van der Waals surface area contributed by atoms with Gasteiger partial charge in [-0.1, -0.05) is 127 Å². The maximum atomic E-state index is 5.20. The van der Waals surface area contributed by atoms with Crippen LogP contribution in [0.1, 0.15) is 5.56 Å². The molecule has 260 valence electrons. The van der Waals surface area contributed by atoms with Gasteiger partial charge in [0.05, 0.1) is 33.6 Å². The number of hydrogen-bond donors (Lipinski definition) is 1. The fraction of sp³-hybridized carbons (Fsp3) is 0.0192. The van der Waals surface area contributed by atoms with Gasteiger partial charge in [0.2, 0.25) is 0 Å². The second-order valence-corrected chi connectivity index (χ2v) is 14.8. The van der Waals surface area contributed by atoms with E-state index in [1.807, 2.05) is 12.3 Å². The molecule has 0 unspecified atom stereocenters. The molecule has 4 nitrogen and oxygen atoms in total. The number of fused-ring (bicyclic) bond motifs is 5. The van der Waals surface area contributed by atoms with Crippen LogP contribution in [0.4, 0.5) is 5.69 Å². The summed E-state index contributed by atoms with van der Waals surface area (Å²) in [5.41, 5.74) is 14.1. The quantitative estimate of drug-likeness (QED) is 0.185. The molecule has 0 saturated heterocycles. The predicted molar refractivity (Wildman–Crippen MR) is 235 cm³/mol. The Morgan fingerprint density at radius 2 is 1.12 bits per heavy atom. The third-order valence-corrected chi connectivity index (χ3v) is 11.6. The van der Waals surface area contributed by atoms with Crippen molar-refractivity contribution >= 4 is 76.8 Å². The summed E-state index contributed by atoms with van der Waals surface area (Å²) in [6, 6.07) is 56.9. The molecule has 0 saturated carbocycles. The normalized spacial score (nSPS) is 12.6. The minimum atomic E-state index is 0.805. The van der Waals surface area contributed by atoms with Crippen molar-refractivity contribution < 1.29 is 0 Å². The Bertz CT molecular complexity index is 3400. The van der Waals surface area contributed by atoms with Crippen LogP contribution < -0.4 is 5.32 Å². The molecular formula is C52H32N4. The van der Waals surface area contributed by atoms with Gasteiger partial charge in [0, 0.05) is 45.6 Å². The molecule has 0 bridgehead atoms. The first-order chi connectivity index (χ1) is 27.7. The molecule has 12 rings (SSSR count). The highest BCUT2D eigenvalue weighted by atomic mass is 14.9.